The number of carbonyl (C=O) groups is 1. The van der Waals surface area contributed by atoms with Crippen LogP contribution >= 0.6 is 22.9 Å². The lowest BCUT2D eigenvalue weighted by Crippen LogP contribution is -2.20. The molecule has 0 aliphatic rings. The van der Waals surface area contributed by atoms with Crippen LogP contribution in [-0.2, 0) is 11.2 Å². The molecule has 0 aliphatic heterocycles. The van der Waals surface area contributed by atoms with Gasteiger partial charge in [0.15, 0.2) is 6.61 Å². The first-order chi connectivity index (χ1) is 13.4. The molecule has 1 heterocycles. The third-order valence-electron chi connectivity index (χ3n) is 4.18. The Kier molecular flexibility index (Phi) is 6.65. The average Bonchev–Trinajstić information content (AvgIpc) is 3.09. The zero-order valence-electron chi connectivity index (χ0n) is 16.0. The van der Waals surface area contributed by atoms with Crippen molar-refractivity contribution in [1.29, 1.82) is 0 Å². The first-order valence-electron chi connectivity index (χ1n) is 9.01. The van der Waals surface area contributed by atoms with E-state index in [0.717, 1.165) is 21.7 Å². The van der Waals surface area contributed by atoms with Gasteiger partial charge in [-0.2, -0.15) is 0 Å². The summed E-state index contributed by atoms with van der Waals surface area (Å²) in [7, 11) is 0. The van der Waals surface area contributed by atoms with E-state index in [-0.39, 0.29) is 18.4 Å². The van der Waals surface area contributed by atoms with Gasteiger partial charge in [0.05, 0.1) is 0 Å². The Labute approximate surface area is 173 Å². The maximum Gasteiger partial charge on any atom is 0.264 e. The minimum absolute atomic E-state index is 0.103. The minimum atomic E-state index is -0.273. The number of hydrogen-bond donors (Lipinski definition) is 1. The van der Waals surface area contributed by atoms with Crippen LogP contribution in [0.25, 0.3) is 0 Å². The second kappa shape index (κ2) is 9.17. The van der Waals surface area contributed by atoms with E-state index in [1.807, 2.05) is 49.4 Å². The van der Waals surface area contributed by atoms with Crippen LogP contribution in [0, 0.1) is 6.92 Å². The summed E-state index contributed by atoms with van der Waals surface area (Å²) < 4.78 is 5.76. The van der Waals surface area contributed by atoms with Crippen molar-refractivity contribution in [2.45, 2.75) is 33.1 Å². The van der Waals surface area contributed by atoms with Crippen molar-refractivity contribution in [3.63, 3.8) is 0 Å². The van der Waals surface area contributed by atoms with Gasteiger partial charge in [-0.25, -0.2) is 0 Å². The van der Waals surface area contributed by atoms with E-state index in [1.54, 1.807) is 0 Å². The van der Waals surface area contributed by atoms with Crippen LogP contribution in [0.15, 0.2) is 42.5 Å². The fourth-order valence-electron chi connectivity index (χ4n) is 2.69. The number of aromatic nitrogens is 2. The maximum atomic E-state index is 12.3. The molecule has 3 aromatic rings. The molecule has 5 nitrogen and oxygen atoms in total. The number of nitrogens with zero attached hydrogens (tertiary/aromatic N) is 2. The highest BCUT2D eigenvalue weighted by Crippen LogP contribution is 2.32. The third-order valence-corrected chi connectivity index (χ3v) is 5.43. The normalized spacial score (nSPS) is 10.9. The number of rotatable bonds is 7. The van der Waals surface area contributed by atoms with Crippen LogP contribution in [-0.4, -0.2) is 22.7 Å². The third kappa shape index (κ3) is 5.30. The van der Waals surface area contributed by atoms with Gasteiger partial charge in [-0.3, -0.25) is 10.1 Å². The molecule has 1 amide bonds. The van der Waals surface area contributed by atoms with Gasteiger partial charge in [0, 0.05) is 11.4 Å². The molecule has 7 heteroatoms. The lowest BCUT2D eigenvalue weighted by Gasteiger charge is -2.15. The highest BCUT2D eigenvalue weighted by Gasteiger charge is 2.14. The van der Waals surface area contributed by atoms with Crippen LogP contribution in [0.4, 0.5) is 5.13 Å². The van der Waals surface area contributed by atoms with Crippen molar-refractivity contribution >= 4 is 34.0 Å². The molecule has 3 rings (SSSR count). The zero-order chi connectivity index (χ0) is 20.1. The summed E-state index contributed by atoms with van der Waals surface area (Å²) >= 11 is 7.57. The van der Waals surface area contributed by atoms with Gasteiger partial charge in [-0.1, -0.05) is 67.1 Å². The summed E-state index contributed by atoms with van der Waals surface area (Å²) in [6.07, 6.45) is 0.687. The van der Waals surface area contributed by atoms with Crippen LogP contribution < -0.4 is 10.1 Å². The van der Waals surface area contributed by atoms with Crippen molar-refractivity contribution in [2.75, 3.05) is 11.9 Å². The Hall–Kier alpha value is -2.44. The number of benzene rings is 2. The molecule has 1 N–H and O–H groups in total. The molecule has 28 heavy (non-hydrogen) atoms. The molecule has 0 spiro atoms. The number of aryl methyl sites for hydroxylation is 1. The molecule has 0 fully saturated rings. The number of halogens is 1. The molecule has 146 valence electrons. The molecule has 2 aromatic carbocycles. The summed E-state index contributed by atoms with van der Waals surface area (Å²) in [5.74, 6) is 0.638. The quantitative estimate of drug-likeness (QED) is 0.573. The first-order valence-corrected chi connectivity index (χ1v) is 10.2. The van der Waals surface area contributed by atoms with Crippen molar-refractivity contribution < 1.29 is 9.53 Å². The Balaban J connectivity index is 1.59. The van der Waals surface area contributed by atoms with E-state index >= 15 is 0 Å². The number of hydrogen-bond acceptors (Lipinski definition) is 5. The maximum absolute atomic E-state index is 12.3. The van der Waals surface area contributed by atoms with E-state index in [2.05, 4.69) is 29.4 Å². The second-order valence-electron chi connectivity index (χ2n) is 6.79. The molecule has 0 bridgehead atoms. The Morgan fingerprint density at radius 3 is 2.68 bits per heavy atom. The molecule has 0 unspecified atom stereocenters. The predicted octanol–water partition coefficient (Wildman–Crippen LogP) is 5.23. The van der Waals surface area contributed by atoms with Gasteiger partial charge in [0.2, 0.25) is 5.13 Å². The lowest BCUT2D eigenvalue weighted by molar-refractivity contribution is -0.118. The monoisotopic (exact) mass is 415 g/mol. The molecule has 1 aromatic heterocycles. The molecule has 0 atom stereocenters. The van der Waals surface area contributed by atoms with Crippen LogP contribution in [0.1, 0.15) is 41.5 Å². The molecular weight excluding hydrogens is 394 g/mol. The number of carbonyl (C=O) groups excluding carboxylic acids is 1. The van der Waals surface area contributed by atoms with Crippen molar-refractivity contribution in [3.05, 3.63) is 69.2 Å². The largest absolute Gasteiger partial charge is 0.483 e. The number of amides is 1. The summed E-state index contributed by atoms with van der Waals surface area (Å²) in [6, 6.07) is 13.8. The van der Waals surface area contributed by atoms with Gasteiger partial charge < -0.3 is 4.74 Å². The van der Waals surface area contributed by atoms with E-state index in [0.29, 0.717) is 22.3 Å². The van der Waals surface area contributed by atoms with Crippen LogP contribution in [0.2, 0.25) is 5.02 Å². The molecule has 0 saturated carbocycles. The highest BCUT2D eigenvalue weighted by molar-refractivity contribution is 7.15. The Morgan fingerprint density at radius 1 is 1.21 bits per heavy atom. The van der Waals surface area contributed by atoms with E-state index in [9.17, 15) is 4.79 Å². The van der Waals surface area contributed by atoms with Gasteiger partial charge in [-0.05, 0) is 41.7 Å². The first kappa shape index (κ1) is 20.3. The Bertz CT molecular complexity index is 958. The standard InChI is InChI=1S/C21H22ClN3O2S/c1-13(2)16-11-17(22)14(3)9-18(16)27-12-19(26)23-21-25-24-20(28-21)10-15-7-5-4-6-8-15/h4-9,11,13H,10,12H2,1-3H3,(H,23,25,26). The van der Waals surface area contributed by atoms with Crippen LogP contribution in [0.3, 0.4) is 0 Å². The van der Waals surface area contributed by atoms with Gasteiger partial charge >= 0.3 is 0 Å². The SMILES string of the molecule is Cc1cc(OCC(=O)Nc2nnc(Cc3ccccc3)s2)c(C(C)C)cc1Cl. The van der Waals surface area contributed by atoms with E-state index < -0.39 is 0 Å². The van der Waals surface area contributed by atoms with Crippen molar-refractivity contribution in [1.82, 2.24) is 10.2 Å². The summed E-state index contributed by atoms with van der Waals surface area (Å²) in [5, 5.41) is 12.9. The highest BCUT2D eigenvalue weighted by atomic mass is 35.5. The Morgan fingerprint density at radius 2 is 1.96 bits per heavy atom. The van der Waals surface area contributed by atoms with Crippen molar-refractivity contribution in [3.8, 4) is 5.75 Å². The van der Waals surface area contributed by atoms with Crippen molar-refractivity contribution in [2.24, 2.45) is 0 Å². The van der Waals surface area contributed by atoms with Gasteiger partial charge in [-0.15, -0.1) is 10.2 Å². The van der Waals surface area contributed by atoms with Crippen LogP contribution in [0.5, 0.6) is 5.75 Å². The number of nitrogens with one attached hydrogen (secondary N) is 1. The predicted molar refractivity (Wildman–Crippen MR) is 114 cm³/mol. The molecule has 0 aliphatic carbocycles. The second-order valence-corrected chi connectivity index (χ2v) is 8.26. The fraction of sp³-hybridized carbons (Fsp3) is 0.286. The summed E-state index contributed by atoms with van der Waals surface area (Å²) in [5.41, 5.74) is 3.04. The molecular formula is C21H22ClN3O2S. The summed E-state index contributed by atoms with van der Waals surface area (Å²) in [6.45, 7) is 5.93. The van der Waals surface area contributed by atoms with Gasteiger partial charge in [0.1, 0.15) is 10.8 Å². The average molecular weight is 416 g/mol. The minimum Gasteiger partial charge on any atom is -0.483 e. The molecule has 0 saturated heterocycles. The summed E-state index contributed by atoms with van der Waals surface area (Å²) in [4.78, 5) is 12.3. The van der Waals surface area contributed by atoms with E-state index in [4.69, 9.17) is 16.3 Å². The lowest BCUT2D eigenvalue weighted by atomic mass is 10.0. The number of anilines is 1. The topological polar surface area (TPSA) is 64.1 Å². The zero-order valence-corrected chi connectivity index (χ0v) is 17.6. The number of ether oxygens (including phenoxy) is 1. The molecule has 0 radical (unpaired) electrons. The smallest absolute Gasteiger partial charge is 0.264 e. The van der Waals surface area contributed by atoms with Gasteiger partial charge in [0.25, 0.3) is 5.91 Å². The fourth-order valence-corrected chi connectivity index (χ4v) is 3.65. The van der Waals surface area contributed by atoms with E-state index in [1.165, 1.54) is 11.3 Å².